The van der Waals surface area contributed by atoms with E-state index in [-0.39, 0.29) is 29.5 Å². The van der Waals surface area contributed by atoms with Gasteiger partial charge in [-0.05, 0) is 79.8 Å². The summed E-state index contributed by atoms with van der Waals surface area (Å²) in [4.78, 5) is 32.1. The van der Waals surface area contributed by atoms with E-state index in [1.165, 1.54) is 0 Å². The molecule has 0 bridgehead atoms. The molecule has 4 N–H and O–H groups in total. The first-order valence-corrected chi connectivity index (χ1v) is 17.6. The Hall–Kier alpha value is -4.83. The lowest BCUT2D eigenvalue weighted by Gasteiger charge is -2.36. The van der Waals surface area contributed by atoms with Crippen molar-refractivity contribution in [3.8, 4) is 11.8 Å². The van der Waals surface area contributed by atoms with E-state index < -0.39 is 17.0 Å². The third-order valence-corrected chi connectivity index (χ3v) is 9.73. The van der Waals surface area contributed by atoms with Gasteiger partial charge in [0, 0.05) is 31.0 Å². The highest BCUT2D eigenvalue weighted by Crippen LogP contribution is 2.29. The first kappa shape index (κ1) is 37.0. The molecule has 0 spiro atoms. The lowest BCUT2D eigenvalue weighted by molar-refractivity contribution is 0.0544. The highest BCUT2D eigenvalue weighted by atomic mass is 32.2. The summed E-state index contributed by atoms with van der Waals surface area (Å²) in [7, 11) is -1.72. The molecule has 2 heterocycles. The molecule has 1 aliphatic rings. The number of nitrogens with one attached hydrogen (secondary N) is 1. The summed E-state index contributed by atoms with van der Waals surface area (Å²) < 4.78 is 17.9. The third kappa shape index (κ3) is 8.43. The van der Waals surface area contributed by atoms with Gasteiger partial charge in [-0.25, -0.2) is 8.89 Å². The average molecular weight is 685 g/mol. The van der Waals surface area contributed by atoms with Gasteiger partial charge in [0.2, 0.25) is 0 Å². The summed E-state index contributed by atoms with van der Waals surface area (Å²) in [6, 6.07) is 22.9. The van der Waals surface area contributed by atoms with Gasteiger partial charge in [0.25, 0.3) is 11.8 Å². The number of hydrogen-bond acceptors (Lipinski definition) is 6. The van der Waals surface area contributed by atoms with Crippen molar-refractivity contribution in [1.82, 2.24) is 19.6 Å². The molecule has 0 fully saturated rings. The van der Waals surface area contributed by atoms with Crippen LogP contribution in [0.25, 0.3) is 5.69 Å². The van der Waals surface area contributed by atoms with Gasteiger partial charge >= 0.3 is 0 Å². The van der Waals surface area contributed by atoms with Gasteiger partial charge in [0.1, 0.15) is 11.0 Å². The molecule has 11 nitrogen and oxygen atoms in total. The fraction of sp³-hybridized carbons (Fsp3) is 0.351. The summed E-state index contributed by atoms with van der Waals surface area (Å²) >= 11 is 0. The van der Waals surface area contributed by atoms with Crippen molar-refractivity contribution in [1.29, 1.82) is 5.26 Å². The van der Waals surface area contributed by atoms with Crippen LogP contribution in [0, 0.1) is 18.3 Å². The number of aliphatic hydroxyl groups excluding tert-OH is 1. The SMILES string of the molecule is CCCCN(CCCC)C(=O)c1cc(C)n(-c2ccc(NS(=O)c3cccc(C#N)c3)cc2C(=O)N2Cc3ccccc3C[C@H]2CO)n1.O. The van der Waals surface area contributed by atoms with E-state index in [0.29, 0.717) is 59.3 Å². The number of hydrogen-bond donors (Lipinski definition) is 2. The molecule has 1 aromatic heterocycles. The van der Waals surface area contributed by atoms with Crippen LogP contribution < -0.4 is 4.72 Å². The summed E-state index contributed by atoms with van der Waals surface area (Å²) in [6.07, 6.45) is 4.25. The highest BCUT2D eigenvalue weighted by Gasteiger charge is 2.32. The van der Waals surface area contributed by atoms with Crippen LogP contribution in [0.4, 0.5) is 5.69 Å². The number of nitrogens with zero attached hydrogens (tertiary/aromatic N) is 5. The molecule has 258 valence electrons. The number of carbonyl (C=O) groups is 2. The van der Waals surface area contributed by atoms with Crippen LogP contribution in [0.5, 0.6) is 0 Å². The van der Waals surface area contributed by atoms with Gasteiger partial charge in [-0.15, -0.1) is 0 Å². The van der Waals surface area contributed by atoms with Crippen molar-refractivity contribution in [3.05, 3.63) is 106 Å². The van der Waals surface area contributed by atoms with Crippen LogP contribution in [0.1, 0.15) is 82.8 Å². The Balaban J connectivity index is 0.00000541. The molecule has 2 atom stereocenters. The van der Waals surface area contributed by atoms with E-state index >= 15 is 0 Å². The van der Waals surface area contributed by atoms with Crippen molar-refractivity contribution in [2.75, 3.05) is 24.4 Å². The Labute approximate surface area is 290 Å². The zero-order valence-electron chi connectivity index (χ0n) is 28.2. The molecule has 3 aromatic carbocycles. The molecule has 4 aromatic rings. The van der Waals surface area contributed by atoms with E-state index in [2.05, 4.69) is 24.6 Å². The molecular formula is C37H44N6O5S. The predicted molar refractivity (Wildman–Crippen MR) is 190 cm³/mol. The van der Waals surface area contributed by atoms with Gasteiger partial charge in [0.05, 0.1) is 40.4 Å². The molecule has 12 heteroatoms. The van der Waals surface area contributed by atoms with Crippen LogP contribution in [0.15, 0.2) is 77.7 Å². The predicted octanol–water partition coefficient (Wildman–Crippen LogP) is 4.96. The first-order chi connectivity index (χ1) is 23.3. The second-order valence-corrected chi connectivity index (χ2v) is 13.3. The van der Waals surface area contributed by atoms with Crippen molar-refractivity contribution in [2.24, 2.45) is 0 Å². The topological polar surface area (TPSA) is 163 Å². The lowest BCUT2D eigenvalue weighted by Crippen LogP contribution is -2.46. The summed E-state index contributed by atoms with van der Waals surface area (Å²) in [5, 5.41) is 24.4. The quantitative estimate of drug-likeness (QED) is 0.202. The number of rotatable bonds is 13. The lowest BCUT2D eigenvalue weighted by atomic mass is 9.93. The molecule has 0 aliphatic carbocycles. The zero-order valence-corrected chi connectivity index (χ0v) is 29.0. The monoisotopic (exact) mass is 684 g/mol. The summed E-state index contributed by atoms with van der Waals surface area (Å²) in [6.45, 7) is 7.45. The Morgan fingerprint density at radius 3 is 2.41 bits per heavy atom. The van der Waals surface area contributed by atoms with E-state index in [1.54, 1.807) is 58.1 Å². The van der Waals surface area contributed by atoms with Gasteiger partial charge in [-0.3, -0.25) is 9.59 Å². The summed E-state index contributed by atoms with van der Waals surface area (Å²) in [5.41, 5.74) is 4.63. The van der Waals surface area contributed by atoms with E-state index in [4.69, 9.17) is 5.10 Å². The largest absolute Gasteiger partial charge is 0.412 e. The van der Waals surface area contributed by atoms with Crippen LogP contribution in [0.2, 0.25) is 0 Å². The molecule has 2 amide bonds. The fourth-order valence-electron chi connectivity index (χ4n) is 5.94. The molecule has 5 rings (SSSR count). The fourth-order valence-corrected chi connectivity index (χ4v) is 6.84. The van der Waals surface area contributed by atoms with E-state index in [0.717, 1.165) is 36.8 Å². The van der Waals surface area contributed by atoms with Crippen molar-refractivity contribution >= 4 is 28.5 Å². The number of anilines is 1. The molecule has 0 radical (unpaired) electrons. The zero-order chi connectivity index (χ0) is 34.2. The number of aliphatic hydroxyl groups is 1. The molecule has 0 saturated carbocycles. The average Bonchev–Trinajstić information content (AvgIpc) is 3.51. The molecular weight excluding hydrogens is 641 g/mol. The van der Waals surface area contributed by atoms with Crippen LogP contribution in [0.3, 0.4) is 0 Å². The van der Waals surface area contributed by atoms with Gasteiger partial charge in [0.15, 0.2) is 5.69 Å². The Bertz CT molecular complexity index is 1840. The van der Waals surface area contributed by atoms with Crippen molar-refractivity contribution < 1.29 is 24.4 Å². The second kappa shape index (κ2) is 17.0. The van der Waals surface area contributed by atoms with Crippen LogP contribution in [-0.4, -0.2) is 71.9 Å². The number of aryl methyl sites for hydroxylation is 1. The highest BCUT2D eigenvalue weighted by molar-refractivity contribution is 7.86. The number of fused-ring (bicyclic) bond motifs is 1. The normalized spacial score (nSPS) is 14.3. The van der Waals surface area contributed by atoms with Crippen molar-refractivity contribution in [3.63, 3.8) is 0 Å². The standard InChI is InChI=1S/C37H42N6O4S.H2O/c1-4-6-17-41(18-7-5-2)37(46)34-19-26(3)43(39-34)35-16-15-30(40-48(47)32-14-10-11-27(20-32)23-38)22-33(35)36(45)42-24-29-13-9-8-12-28(29)21-31(42)25-44;/h8-16,19-20,22,31,40,44H,4-7,17-18,21,24-25H2,1-3H3;1H2/t31-,48?;/m0./s1. The molecule has 0 saturated heterocycles. The maximum Gasteiger partial charge on any atom is 0.274 e. The Morgan fingerprint density at radius 2 is 1.73 bits per heavy atom. The Morgan fingerprint density at radius 1 is 1.02 bits per heavy atom. The first-order valence-electron chi connectivity index (χ1n) is 16.4. The van der Waals surface area contributed by atoms with Gasteiger partial charge in [-0.2, -0.15) is 10.4 Å². The molecule has 1 unspecified atom stereocenters. The third-order valence-electron chi connectivity index (χ3n) is 8.63. The van der Waals surface area contributed by atoms with Gasteiger partial charge < -0.3 is 25.1 Å². The number of nitriles is 1. The maximum absolute atomic E-state index is 14.5. The van der Waals surface area contributed by atoms with Crippen LogP contribution in [-0.2, 0) is 24.0 Å². The number of amides is 2. The Kier molecular flexibility index (Phi) is 12.8. The van der Waals surface area contributed by atoms with Crippen molar-refractivity contribution in [2.45, 2.75) is 70.4 Å². The molecule has 1 aliphatic heterocycles. The van der Waals surface area contributed by atoms with Gasteiger partial charge in [-0.1, -0.05) is 57.0 Å². The minimum absolute atomic E-state index is 0. The minimum atomic E-state index is -1.72. The van der Waals surface area contributed by atoms with E-state index in [9.17, 15) is 24.2 Å². The minimum Gasteiger partial charge on any atom is -0.412 e. The smallest absolute Gasteiger partial charge is 0.274 e. The van der Waals surface area contributed by atoms with E-state index in [1.807, 2.05) is 36.1 Å². The maximum atomic E-state index is 14.5. The number of benzene rings is 3. The summed E-state index contributed by atoms with van der Waals surface area (Å²) in [5.74, 6) is -0.470. The number of unbranched alkanes of at least 4 members (excludes halogenated alkanes) is 2. The second-order valence-electron chi connectivity index (χ2n) is 12.1. The number of aromatic nitrogens is 2. The number of carbonyl (C=O) groups excluding carboxylic acids is 2. The molecule has 49 heavy (non-hydrogen) atoms. The van der Waals surface area contributed by atoms with Crippen LogP contribution >= 0.6 is 0 Å².